The lowest BCUT2D eigenvalue weighted by Gasteiger charge is -2.08. The molecule has 0 unspecified atom stereocenters. The Labute approximate surface area is 574 Å². The Hall–Kier alpha value is -12.5. The number of nitrogen functional groups attached to an aromatic ring is 1. The van der Waals surface area contributed by atoms with E-state index in [1.54, 1.807) is 140 Å². The minimum absolute atomic E-state index is 0. The molecule has 0 radical (unpaired) electrons. The number of para-hydroxylation sites is 1. The van der Waals surface area contributed by atoms with Crippen molar-refractivity contribution in [3.63, 3.8) is 0 Å². The molecule has 7 aromatic carbocycles. The zero-order valence-corrected chi connectivity index (χ0v) is 54.6. The summed E-state index contributed by atoms with van der Waals surface area (Å²) in [5, 5.41) is 39.1. The lowest BCUT2D eigenvalue weighted by Crippen LogP contribution is -2.27. The van der Waals surface area contributed by atoms with Crippen molar-refractivity contribution in [1.82, 2.24) is 35.9 Å². The van der Waals surface area contributed by atoms with E-state index in [1.807, 2.05) is 0 Å². The molecule has 32 nitrogen and oxygen atoms in total. The number of ether oxygens (including phenoxy) is 1. The SMILES string of the molecule is Cl.NCc1cnco1.Nc1ccc(NC(=O)NCc2cnco2)cc1.O=C(NCc1cnco1)Nc1ccc(CS(=O)(=O)c2ccccc2)cc1.O=C(NCc1cnco1)Nc1ccc([N+](=O)[O-])cc1.O=C(Nc1ccc([N+](=O)[O-])cc1)Oc1ccccc1.O=S(=O)(Cl)c1ccccc1. The van der Waals surface area contributed by atoms with Crippen LogP contribution < -0.4 is 53.4 Å². The number of benzene rings is 7. The summed E-state index contributed by atoms with van der Waals surface area (Å²) >= 11 is 0. The molecule has 0 aliphatic rings. The van der Waals surface area contributed by atoms with Gasteiger partial charge in [0.25, 0.3) is 20.4 Å². The molecule has 0 aliphatic heterocycles. The van der Waals surface area contributed by atoms with E-state index in [0.29, 0.717) is 70.1 Å². The molecule has 4 heterocycles. The smallest absolute Gasteiger partial charge is 0.417 e. The largest absolute Gasteiger partial charge is 0.447 e. The minimum Gasteiger partial charge on any atom is -0.447 e. The molecule has 0 saturated carbocycles. The lowest BCUT2D eigenvalue weighted by atomic mass is 10.2. The third kappa shape index (κ3) is 29.8. The molecule has 11 N–H and O–H groups in total. The van der Waals surface area contributed by atoms with Gasteiger partial charge >= 0.3 is 24.2 Å². The van der Waals surface area contributed by atoms with Crippen LogP contribution in [0.2, 0.25) is 0 Å². The Kier molecular flexibility index (Phi) is 31.7. The van der Waals surface area contributed by atoms with Crippen molar-refractivity contribution < 1.29 is 68.3 Å². The van der Waals surface area contributed by atoms with E-state index in [0.717, 1.165) is 5.76 Å². The van der Waals surface area contributed by atoms with Gasteiger partial charge in [-0.2, -0.15) is 0 Å². The number of aromatic nitrogens is 4. The van der Waals surface area contributed by atoms with Crippen LogP contribution in [0.3, 0.4) is 0 Å². The molecule has 36 heteroatoms. The van der Waals surface area contributed by atoms with Crippen molar-refractivity contribution in [3.05, 3.63) is 287 Å². The number of hydrogen-bond acceptors (Lipinski definition) is 23. The number of carbonyl (C=O) groups is 4. The quantitative estimate of drug-likeness (QED) is 0.0167. The molecule has 0 bridgehead atoms. The van der Waals surface area contributed by atoms with E-state index < -0.39 is 46.9 Å². The first-order valence-corrected chi connectivity index (χ1v) is 32.2. The van der Waals surface area contributed by atoms with Gasteiger partial charge in [0.2, 0.25) is 0 Å². The van der Waals surface area contributed by atoms with Crippen molar-refractivity contribution in [1.29, 1.82) is 0 Å². The molecule has 4 aromatic heterocycles. The average molecular weight is 1440 g/mol. The first kappa shape index (κ1) is 77.2. The fourth-order valence-corrected chi connectivity index (χ4v) is 9.36. The van der Waals surface area contributed by atoms with Crippen LogP contribution in [0.15, 0.2) is 266 Å². The number of nitrogens with zero attached hydrogens (tertiary/aromatic N) is 6. The van der Waals surface area contributed by atoms with Crippen LogP contribution in [0.1, 0.15) is 28.6 Å². The predicted molar refractivity (Wildman–Crippen MR) is 365 cm³/mol. The van der Waals surface area contributed by atoms with Crippen molar-refractivity contribution in [2.24, 2.45) is 5.73 Å². The van der Waals surface area contributed by atoms with Gasteiger partial charge in [0.15, 0.2) is 35.4 Å². The Balaban J connectivity index is 0.000000222. The number of urea groups is 3. The molecule has 0 saturated heterocycles. The molecule has 11 aromatic rings. The van der Waals surface area contributed by atoms with Crippen LogP contribution >= 0.6 is 23.1 Å². The van der Waals surface area contributed by atoms with E-state index in [1.165, 1.54) is 98.6 Å². The lowest BCUT2D eigenvalue weighted by molar-refractivity contribution is -0.385. The summed E-state index contributed by atoms with van der Waals surface area (Å²) in [7, 11) is -1.90. The molecule has 7 amide bonds. The summed E-state index contributed by atoms with van der Waals surface area (Å²) in [4.78, 5) is 81.5. The van der Waals surface area contributed by atoms with E-state index >= 15 is 0 Å². The summed E-state index contributed by atoms with van der Waals surface area (Å²) in [6, 6.07) is 48.1. The first-order valence-electron chi connectivity index (χ1n) is 28.2. The van der Waals surface area contributed by atoms with Crippen LogP contribution in [-0.4, -0.2) is 70.8 Å². The molecule has 11 rings (SSSR count). The molecule has 99 heavy (non-hydrogen) atoms. The van der Waals surface area contributed by atoms with Gasteiger partial charge in [-0.15, -0.1) is 12.4 Å². The zero-order chi connectivity index (χ0) is 70.6. The number of nitro benzene ring substituents is 2. The number of hydrogen-bond donors (Lipinski definition) is 9. The van der Waals surface area contributed by atoms with Gasteiger partial charge in [0, 0.05) is 63.4 Å². The van der Waals surface area contributed by atoms with Crippen molar-refractivity contribution in [2.75, 3.05) is 27.0 Å². The second-order valence-corrected chi connectivity index (χ2v) is 23.6. The van der Waals surface area contributed by atoms with Gasteiger partial charge in [-0.3, -0.25) is 25.5 Å². The van der Waals surface area contributed by atoms with Gasteiger partial charge in [-0.05, 0) is 103 Å². The number of nitrogens with one attached hydrogen (secondary N) is 7. The van der Waals surface area contributed by atoms with E-state index in [4.69, 9.17) is 44.6 Å². The van der Waals surface area contributed by atoms with E-state index in [-0.39, 0.29) is 58.4 Å². The Morgan fingerprint density at radius 2 is 0.798 bits per heavy atom. The first-order chi connectivity index (χ1) is 47.1. The number of nitro groups is 2. The van der Waals surface area contributed by atoms with Crippen LogP contribution in [-0.2, 0) is 50.8 Å². The third-order valence-electron chi connectivity index (χ3n) is 11.9. The fourth-order valence-electron chi connectivity index (χ4n) is 7.20. The normalized spacial score (nSPS) is 10.2. The average Bonchev–Trinajstić information content (AvgIpc) is 1.10. The molecular weight excluding hydrogens is 1370 g/mol. The summed E-state index contributed by atoms with van der Waals surface area (Å²) in [5.74, 6) is 2.70. The number of carbonyl (C=O) groups excluding carboxylic acids is 4. The van der Waals surface area contributed by atoms with E-state index in [2.05, 4.69) is 57.2 Å². The van der Waals surface area contributed by atoms with Gasteiger partial charge in [0.1, 0.15) is 28.8 Å². The highest BCUT2D eigenvalue weighted by atomic mass is 35.7. The second kappa shape index (κ2) is 40.7. The topological polar surface area (TPSA) is 472 Å². The Morgan fingerprint density at radius 1 is 0.465 bits per heavy atom. The van der Waals surface area contributed by atoms with Crippen molar-refractivity contribution >= 4 is 106 Å². The third-order valence-corrected chi connectivity index (χ3v) is 15.0. The highest BCUT2D eigenvalue weighted by molar-refractivity contribution is 8.13. The summed E-state index contributed by atoms with van der Waals surface area (Å²) < 4.78 is 70.6. The number of non-ortho nitro benzene ring substituents is 2. The Bertz CT molecular complexity index is 4430. The number of oxazole rings is 4. The highest BCUT2D eigenvalue weighted by Crippen LogP contribution is 2.21. The van der Waals surface area contributed by atoms with Crippen LogP contribution in [0.4, 0.5) is 59.0 Å². The maximum absolute atomic E-state index is 12.4. The summed E-state index contributed by atoms with van der Waals surface area (Å²) in [6.07, 6.45) is 10.7. The van der Waals surface area contributed by atoms with Crippen molar-refractivity contribution in [2.45, 2.75) is 41.7 Å². The molecular formula is C63H61Cl2N15O17S2. The highest BCUT2D eigenvalue weighted by Gasteiger charge is 2.16. The number of halogens is 2. The molecule has 0 aliphatic carbocycles. The number of amides is 7. The van der Waals surface area contributed by atoms with Crippen LogP contribution in [0.25, 0.3) is 0 Å². The van der Waals surface area contributed by atoms with Gasteiger partial charge < -0.3 is 65.8 Å². The number of nitrogens with two attached hydrogens (primary N) is 2. The van der Waals surface area contributed by atoms with Crippen LogP contribution in [0, 0.1) is 20.2 Å². The van der Waals surface area contributed by atoms with Crippen molar-refractivity contribution in [3.8, 4) is 5.75 Å². The summed E-state index contributed by atoms with van der Waals surface area (Å²) in [6.45, 7) is 1.15. The fraction of sp³-hybridized carbons (Fsp3) is 0.0794. The molecule has 0 atom stereocenters. The van der Waals surface area contributed by atoms with Crippen LogP contribution in [0.5, 0.6) is 5.75 Å². The summed E-state index contributed by atoms with van der Waals surface area (Å²) in [5.41, 5.74) is 14.0. The number of anilines is 5. The van der Waals surface area contributed by atoms with Gasteiger partial charge in [-0.1, -0.05) is 66.7 Å². The standard InChI is InChI=1S/C18H17N3O4S.C13H10N2O4.C11H10N4O4.C11H12N4O2.C6H5ClO2S.C4H6N2O.ClH/c22-18(20-11-16-10-19-13-25-16)21-15-8-6-14(7-9-15)12-26(23,24)17-4-2-1-3-5-17;16-13(19-12-4-2-1-3-5-12)14-10-6-8-11(9-7-10)15(17)18;16-11(13-6-10-5-12-7-19-10)14-8-1-3-9(4-2-8)15(17)18;12-8-1-3-9(4-2-8)15-11(16)14-6-10-5-13-7-17-10;7-10(8,9)6-4-2-1-3-5-6;5-1-4-2-6-3-7-4;/h1-10,13H,11-12H2,(H2,20,21,22);1-9H,(H,14,16);1-5,7H,6H2,(H2,13,14,16);1-5,7H,6,12H2,(H2,14,15,16);1-5H;2-3H,1,5H2;1H. The monoisotopic (exact) mass is 1430 g/mol. The van der Waals surface area contributed by atoms with Gasteiger partial charge in [-0.25, -0.2) is 55.9 Å². The number of sulfone groups is 1. The minimum atomic E-state index is -3.53. The predicted octanol–water partition coefficient (Wildman–Crippen LogP) is 11.8. The molecule has 0 spiro atoms. The van der Waals surface area contributed by atoms with E-state index in [9.17, 15) is 56.2 Å². The zero-order valence-electron chi connectivity index (χ0n) is 51.4. The number of rotatable bonds is 18. The van der Waals surface area contributed by atoms with Gasteiger partial charge in [0.05, 0.1) is 76.4 Å². The Morgan fingerprint density at radius 3 is 1.12 bits per heavy atom. The molecule has 516 valence electrons. The molecule has 0 fully saturated rings. The maximum Gasteiger partial charge on any atom is 0.417 e. The second-order valence-electron chi connectivity index (χ2n) is 19.1. The maximum atomic E-state index is 12.4.